The molecule has 1 unspecified atom stereocenters. The first kappa shape index (κ1) is 30.5. The third kappa shape index (κ3) is 8.21. The van der Waals surface area contributed by atoms with Crippen LogP contribution >= 0.6 is 12.1 Å². The molecule has 1 N–H and O–H groups in total. The molecule has 1 saturated heterocycles. The van der Waals surface area contributed by atoms with E-state index in [4.69, 9.17) is 4.98 Å². The average Bonchev–Trinajstić information content (AvgIpc) is 3.19. The normalized spacial score (nSPS) is 16.3. The largest absolute Gasteiger partial charge is 0.336 e. The molecule has 0 bridgehead atoms. The summed E-state index contributed by atoms with van der Waals surface area (Å²) in [5.74, 6) is -1.49. The quantitative estimate of drug-likeness (QED) is 0.340. The van der Waals surface area contributed by atoms with E-state index in [0.29, 0.717) is 26.1 Å². The highest BCUT2D eigenvalue weighted by atomic mass is 32.2. The highest BCUT2D eigenvalue weighted by Gasteiger charge is 2.27. The summed E-state index contributed by atoms with van der Waals surface area (Å²) < 4.78 is 33.8. The van der Waals surface area contributed by atoms with E-state index in [1.54, 1.807) is 12.1 Å². The van der Waals surface area contributed by atoms with Gasteiger partial charge in [-0.15, -0.1) is 0 Å². The lowest BCUT2D eigenvalue weighted by Gasteiger charge is -2.36. The predicted octanol–water partition coefficient (Wildman–Crippen LogP) is 6.53. The maximum Gasteiger partial charge on any atom is 0.317 e. The molecule has 1 fully saturated rings. The van der Waals surface area contributed by atoms with Crippen LogP contribution in [0.3, 0.4) is 0 Å². The number of imidazole rings is 1. The van der Waals surface area contributed by atoms with Gasteiger partial charge < -0.3 is 19.1 Å². The fourth-order valence-corrected chi connectivity index (χ4v) is 5.62. The zero-order valence-corrected chi connectivity index (χ0v) is 25.2. The van der Waals surface area contributed by atoms with E-state index >= 15 is 0 Å². The highest BCUT2D eigenvalue weighted by Crippen LogP contribution is 2.33. The van der Waals surface area contributed by atoms with Gasteiger partial charge in [-0.3, -0.25) is 0 Å². The summed E-state index contributed by atoms with van der Waals surface area (Å²) in [4.78, 5) is 19.2. The van der Waals surface area contributed by atoms with Crippen LogP contribution in [0.2, 0.25) is 0 Å². The number of rotatable bonds is 10. The van der Waals surface area contributed by atoms with E-state index in [1.807, 2.05) is 25.8 Å². The van der Waals surface area contributed by atoms with Crippen LogP contribution < -0.4 is 9.62 Å². The van der Waals surface area contributed by atoms with Crippen LogP contribution in [0.4, 0.5) is 19.3 Å². The molecule has 0 radical (unpaired) electrons. The number of halogens is 2. The van der Waals surface area contributed by atoms with E-state index in [0.717, 1.165) is 49.0 Å². The number of alkyl halides is 2. The number of carbonyl (C=O) groups is 1. The average molecular weight is 553 g/mol. The number of benzene rings is 1. The Morgan fingerprint density at radius 1 is 1.16 bits per heavy atom. The maximum absolute atomic E-state index is 13.6. The summed E-state index contributed by atoms with van der Waals surface area (Å²) in [5, 5.41) is 2.97. The van der Waals surface area contributed by atoms with Crippen LogP contribution in [0.1, 0.15) is 73.6 Å². The SMILES string of the molecule is CCC(CCC(C)(F)F)Cn1c(C(C)(C)C)nc2cc(N(C)SN3CCN(C(=O)NC(C)C)CC3)ccc21. The standard InChI is InChI=1S/C28H46F2N6OS/c1-9-21(12-13-28(7,29)30)19-36-24-11-10-22(18-23(24)32-25(36)27(4,5)6)33(8)38-35-16-14-34(15-17-35)26(37)31-20(2)3/h10-11,18,20-21H,9,12-17,19H2,1-8H3,(H,31,37). The molecule has 1 aromatic heterocycles. The predicted molar refractivity (Wildman–Crippen MR) is 155 cm³/mol. The first-order chi connectivity index (χ1) is 17.7. The molecule has 38 heavy (non-hydrogen) atoms. The molecule has 2 amide bonds. The summed E-state index contributed by atoms with van der Waals surface area (Å²) >= 11 is 1.65. The van der Waals surface area contributed by atoms with Crippen LogP contribution in [-0.2, 0) is 12.0 Å². The van der Waals surface area contributed by atoms with E-state index in [-0.39, 0.29) is 29.8 Å². The lowest BCUT2D eigenvalue weighted by atomic mass is 9.94. The number of piperazine rings is 1. The van der Waals surface area contributed by atoms with Crippen LogP contribution in [0.5, 0.6) is 0 Å². The van der Waals surface area contributed by atoms with Gasteiger partial charge in [0.2, 0.25) is 5.92 Å². The van der Waals surface area contributed by atoms with Gasteiger partial charge >= 0.3 is 6.03 Å². The zero-order chi connectivity index (χ0) is 28.3. The minimum atomic E-state index is -2.64. The first-order valence-corrected chi connectivity index (χ1v) is 14.5. The molecule has 1 aliphatic rings. The van der Waals surface area contributed by atoms with Crippen LogP contribution in [-0.4, -0.2) is 70.0 Å². The van der Waals surface area contributed by atoms with Crippen molar-refractivity contribution in [3.05, 3.63) is 24.0 Å². The number of nitrogens with zero attached hydrogens (tertiary/aromatic N) is 5. The number of hydrogen-bond donors (Lipinski definition) is 1. The van der Waals surface area contributed by atoms with E-state index < -0.39 is 5.92 Å². The van der Waals surface area contributed by atoms with Gasteiger partial charge in [-0.25, -0.2) is 22.9 Å². The van der Waals surface area contributed by atoms with Gasteiger partial charge in [-0.1, -0.05) is 34.1 Å². The first-order valence-electron chi connectivity index (χ1n) is 13.8. The van der Waals surface area contributed by atoms with Gasteiger partial charge in [-0.2, -0.15) is 0 Å². The Labute approximate surface area is 231 Å². The molecule has 2 aromatic rings. The van der Waals surface area contributed by atoms with Crippen molar-refractivity contribution in [1.82, 2.24) is 24.1 Å². The molecule has 10 heteroatoms. The molecule has 1 aliphatic heterocycles. The van der Waals surface area contributed by atoms with Crippen molar-refractivity contribution < 1.29 is 13.6 Å². The summed E-state index contributed by atoms with van der Waals surface area (Å²) in [6, 6.07) is 6.46. The fourth-order valence-electron chi connectivity index (χ4n) is 4.74. The van der Waals surface area contributed by atoms with E-state index in [9.17, 15) is 13.6 Å². The molecule has 2 heterocycles. The summed E-state index contributed by atoms with van der Waals surface area (Å²) in [5.41, 5.74) is 2.84. The van der Waals surface area contributed by atoms with Crippen molar-refractivity contribution >= 4 is 34.9 Å². The van der Waals surface area contributed by atoms with Gasteiger partial charge in [0.25, 0.3) is 0 Å². The molecule has 214 valence electrons. The monoisotopic (exact) mass is 552 g/mol. The molecule has 7 nitrogen and oxygen atoms in total. The van der Waals surface area contributed by atoms with Gasteiger partial charge in [-0.05, 0) is 51.3 Å². The second-order valence-corrected chi connectivity index (χ2v) is 13.2. The van der Waals surface area contributed by atoms with Crippen molar-refractivity contribution in [1.29, 1.82) is 0 Å². The number of carbonyl (C=O) groups excluding carboxylic acids is 1. The molecule has 0 saturated carbocycles. The number of fused-ring (bicyclic) bond motifs is 1. The Bertz CT molecular complexity index is 1070. The summed E-state index contributed by atoms with van der Waals surface area (Å²) in [7, 11) is 2.05. The number of hydrogen-bond acceptors (Lipinski definition) is 5. The molecule has 1 aromatic carbocycles. The van der Waals surface area contributed by atoms with Crippen LogP contribution in [0.15, 0.2) is 18.2 Å². The van der Waals surface area contributed by atoms with E-state index in [1.165, 1.54) is 0 Å². The molecule has 1 atom stereocenters. The third-order valence-electron chi connectivity index (χ3n) is 6.95. The van der Waals surface area contributed by atoms with Crippen molar-refractivity contribution in [3.63, 3.8) is 0 Å². The Morgan fingerprint density at radius 2 is 1.82 bits per heavy atom. The Morgan fingerprint density at radius 3 is 2.37 bits per heavy atom. The number of amides is 2. The Hall–Kier alpha value is -2.07. The van der Waals surface area contributed by atoms with Crippen molar-refractivity contribution in [2.75, 3.05) is 37.5 Å². The number of anilines is 1. The number of aromatic nitrogens is 2. The lowest BCUT2D eigenvalue weighted by molar-refractivity contribution is 0.00578. The third-order valence-corrected chi connectivity index (χ3v) is 8.00. The maximum atomic E-state index is 13.6. The molecule has 0 spiro atoms. The number of urea groups is 1. The minimum absolute atomic E-state index is 0.00223. The Balaban J connectivity index is 1.73. The second-order valence-electron chi connectivity index (χ2n) is 12.0. The molecular weight excluding hydrogens is 506 g/mol. The van der Waals surface area contributed by atoms with E-state index in [2.05, 4.69) is 64.4 Å². The van der Waals surface area contributed by atoms with Crippen molar-refractivity contribution in [3.8, 4) is 0 Å². The zero-order valence-electron chi connectivity index (χ0n) is 24.4. The number of nitrogens with one attached hydrogen (secondary N) is 1. The fraction of sp³-hybridized carbons (Fsp3) is 0.714. The summed E-state index contributed by atoms with van der Waals surface area (Å²) in [6.07, 6.45) is 1.25. The van der Waals surface area contributed by atoms with Gasteiger partial charge in [0.1, 0.15) is 5.82 Å². The molecular formula is C28H46F2N6OS. The topological polar surface area (TPSA) is 56.6 Å². The van der Waals surface area contributed by atoms with Crippen LogP contribution in [0.25, 0.3) is 11.0 Å². The van der Waals surface area contributed by atoms with Crippen molar-refractivity contribution in [2.45, 2.75) is 91.7 Å². The molecule has 3 rings (SSSR count). The Kier molecular flexibility index (Phi) is 9.95. The van der Waals surface area contributed by atoms with Crippen molar-refractivity contribution in [2.24, 2.45) is 5.92 Å². The summed E-state index contributed by atoms with van der Waals surface area (Å²) in [6.45, 7) is 17.1. The van der Waals surface area contributed by atoms with Gasteiger partial charge in [0, 0.05) is 69.8 Å². The smallest absolute Gasteiger partial charge is 0.317 e. The van der Waals surface area contributed by atoms with Crippen LogP contribution in [0, 0.1) is 5.92 Å². The van der Waals surface area contributed by atoms with Gasteiger partial charge in [0.15, 0.2) is 0 Å². The highest BCUT2D eigenvalue weighted by molar-refractivity contribution is 7.98. The molecule has 0 aliphatic carbocycles. The lowest BCUT2D eigenvalue weighted by Crippen LogP contribution is -2.51. The van der Waals surface area contributed by atoms with Gasteiger partial charge in [0.05, 0.1) is 16.7 Å². The second kappa shape index (κ2) is 12.4. The minimum Gasteiger partial charge on any atom is -0.336 e.